The van der Waals surface area contributed by atoms with E-state index in [2.05, 4.69) is 5.32 Å². The molecule has 0 radical (unpaired) electrons. The number of ether oxygens (including phenoxy) is 5. The molecule has 0 aromatic rings. The quantitative estimate of drug-likeness (QED) is 0.292. The van der Waals surface area contributed by atoms with Gasteiger partial charge in [0.15, 0.2) is 0 Å². The number of carbonyl (C=O) groups excluding carboxylic acids is 3. The standard InChI is InChI=1S/C22H41NO8/c1-20(2,3)29-17(24)10-12-27-14-16(23-19(26)31-22(7,8)9)15-28-13-11-18(25)30-21(4,5)6/h16H,10-15H2,1-9H3,(H,23,26). The summed E-state index contributed by atoms with van der Waals surface area (Å²) in [6.07, 6.45) is -0.421. The zero-order valence-electron chi connectivity index (χ0n) is 20.6. The Morgan fingerprint density at radius 2 is 1.00 bits per heavy atom. The fourth-order valence-electron chi connectivity index (χ4n) is 2.15. The highest BCUT2D eigenvalue weighted by molar-refractivity contribution is 5.70. The van der Waals surface area contributed by atoms with Crippen molar-refractivity contribution in [1.82, 2.24) is 5.32 Å². The number of amides is 1. The van der Waals surface area contributed by atoms with E-state index < -0.39 is 28.9 Å². The molecule has 0 rings (SSSR count). The summed E-state index contributed by atoms with van der Waals surface area (Å²) >= 11 is 0. The van der Waals surface area contributed by atoms with Gasteiger partial charge in [-0.2, -0.15) is 0 Å². The van der Waals surface area contributed by atoms with Crippen LogP contribution in [0, 0.1) is 0 Å². The molecule has 0 aliphatic carbocycles. The van der Waals surface area contributed by atoms with Gasteiger partial charge in [-0.05, 0) is 62.3 Å². The average Bonchev–Trinajstić information content (AvgIpc) is 2.50. The van der Waals surface area contributed by atoms with Gasteiger partial charge in [-0.25, -0.2) is 4.79 Å². The second kappa shape index (κ2) is 12.9. The molecular weight excluding hydrogens is 406 g/mol. The Labute approximate surface area is 186 Å². The van der Waals surface area contributed by atoms with Crippen molar-refractivity contribution in [3.63, 3.8) is 0 Å². The van der Waals surface area contributed by atoms with Gasteiger partial charge < -0.3 is 29.0 Å². The van der Waals surface area contributed by atoms with Crippen molar-refractivity contribution < 1.29 is 38.1 Å². The van der Waals surface area contributed by atoms with Gasteiger partial charge in [0.05, 0.1) is 45.3 Å². The molecule has 0 spiro atoms. The number of hydrogen-bond donors (Lipinski definition) is 1. The van der Waals surface area contributed by atoms with Crippen molar-refractivity contribution in [3.8, 4) is 0 Å². The van der Waals surface area contributed by atoms with Crippen molar-refractivity contribution in [1.29, 1.82) is 0 Å². The first-order valence-electron chi connectivity index (χ1n) is 10.6. The summed E-state index contributed by atoms with van der Waals surface area (Å²) in [5.41, 5.74) is -1.76. The van der Waals surface area contributed by atoms with Gasteiger partial charge in [-0.1, -0.05) is 0 Å². The van der Waals surface area contributed by atoms with Gasteiger partial charge in [0.1, 0.15) is 16.8 Å². The minimum Gasteiger partial charge on any atom is -0.460 e. The van der Waals surface area contributed by atoms with Gasteiger partial charge in [0, 0.05) is 0 Å². The van der Waals surface area contributed by atoms with E-state index in [0.29, 0.717) is 0 Å². The van der Waals surface area contributed by atoms with Crippen LogP contribution in [0.4, 0.5) is 4.79 Å². The molecule has 1 amide bonds. The molecule has 1 N–H and O–H groups in total. The zero-order valence-corrected chi connectivity index (χ0v) is 20.6. The number of esters is 2. The van der Waals surface area contributed by atoms with Crippen molar-refractivity contribution in [2.24, 2.45) is 0 Å². The number of rotatable bonds is 11. The van der Waals surface area contributed by atoms with E-state index in [1.807, 2.05) is 0 Å². The summed E-state index contributed by atoms with van der Waals surface area (Å²) < 4.78 is 26.7. The van der Waals surface area contributed by atoms with Crippen LogP contribution in [0.2, 0.25) is 0 Å². The van der Waals surface area contributed by atoms with Crippen LogP contribution >= 0.6 is 0 Å². The molecule has 0 unspecified atom stereocenters. The molecule has 31 heavy (non-hydrogen) atoms. The van der Waals surface area contributed by atoms with E-state index >= 15 is 0 Å². The Bertz CT molecular complexity index is 534. The van der Waals surface area contributed by atoms with Crippen LogP contribution in [0.1, 0.15) is 75.2 Å². The van der Waals surface area contributed by atoms with E-state index in [-0.39, 0.29) is 51.2 Å². The Balaban J connectivity index is 4.50. The maximum atomic E-state index is 12.1. The molecule has 0 bridgehead atoms. The molecule has 182 valence electrons. The molecule has 0 atom stereocenters. The van der Waals surface area contributed by atoms with Crippen LogP contribution in [-0.2, 0) is 33.3 Å². The summed E-state index contributed by atoms with van der Waals surface area (Å²) in [6, 6.07) is -0.521. The van der Waals surface area contributed by atoms with E-state index in [1.165, 1.54) is 0 Å². The maximum Gasteiger partial charge on any atom is 0.408 e. The third-order valence-corrected chi connectivity index (χ3v) is 3.10. The molecule has 0 aliphatic rings. The summed E-state index contributed by atoms with van der Waals surface area (Å²) in [7, 11) is 0. The third kappa shape index (κ3) is 19.8. The molecular formula is C22H41NO8. The molecule has 0 aromatic heterocycles. The van der Waals surface area contributed by atoms with E-state index in [4.69, 9.17) is 23.7 Å². The lowest BCUT2D eigenvalue weighted by molar-refractivity contribution is -0.157. The summed E-state index contributed by atoms with van der Waals surface area (Å²) in [6.45, 7) is 16.5. The normalized spacial score (nSPS) is 12.5. The fraction of sp³-hybridized carbons (Fsp3) is 0.864. The third-order valence-electron chi connectivity index (χ3n) is 3.10. The van der Waals surface area contributed by atoms with E-state index in [9.17, 15) is 14.4 Å². The maximum absolute atomic E-state index is 12.1. The second-order valence-electron chi connectivity index (χ2n) is 10.2. The van der Waals surface area contributed by atoms with Gasteiger partial charge in [0.25, 0.3) is 0 Å². The number of nitrogens with one attached hydrogen (secondary N) is 1. The summed E-state index contributed by atoms with van der Waals surface area (Å²) in [5.74, 6) is -0.726. The lowest BCUT2D eigenvalue weighted by Crippen LogP contribution is -2.44. The van der Waals surface area contributed by atoms with Crippen LogP contribution in [0.25, 0.3) is 0 Å². The van der Waals surface area contributed by atoms with Gasteiger partial charge >= 0.3 is 18.0 Å². The Kier molecular flexibility index (Phi) is 12.1. The molecule has 0 heterocycles. The van der Waals surface area contributed by atoms with Crippen molar-refractivity contribution >= 4 is 18.0 Å². The highest BCUT2D eigenvalue weighted by Gasteiger charge is 2.21. The van der Waals surface area contributed by atoms with Gasteiger partial charge in [-0.3, -0.25) is 9.59 Å². The monoisotopic (exact) mass is 447 g/mol. The zero-order chi connectivity index (χ0) is 24.3. The lowest BCUT2D eigenvalue weighted by atomic mass is 10.2. The first-order valence-corrected chi connectivity index (χ1v) is 10.6. The van der Waals surface area contributed by atoms with Crippen LogP contribution in [0.3, 0.4) is 0 Å². The Morgan fingerprint density at radius 3 is 1.32 bits per heavy atom. The molecule has 0 aliphatic heterocycles. The van der Waals surface area contributed by atoms with E-state index in [1.54, 1.807) is 62.3 Å². The second-order valence-corrected chi connectivity index (χ2v) is 10.2. The van der Waals surface area contributed by atoms with Crippen molar-refractivity contribution in [2.45, 2.75) is 98.0 Å². The van der Waals surface area contributed by atoms with Crippen LogP contribution in [0.5, 0.6) is 0 Å². The first kappa shape index (κ1) is 29.1. The molecule has 0 aromatic carbocycles. The smallest absolute Gasteiger partial charge is 0.408 e. The minimum atomic E-state index is -0.649. The largest absolute Gasteiger partial charge is 0.460 e. The number of carbonyl (C=O) groups is 3. The highest BCUT2D eigenvalue weighted by atomic mass is 16.6. The van der Waals surface area contributed by atoms with Gasteiger partial charge in [0.2, 0.25) is 0 Å². The first-order chi connectivity index (χ1) is 14.0. The molecule has 9 nitrogen and oxygen atoms in total. The molecule has 0 saturated heterocycles. The van der Waals surface area contributed by atoms with E-state index in [0.717, 1.165) is 0 Å². The topological polar surface area (TPSA) is 109 Å². The SMILES string of the molecule is CC(C)(C)OC(=O)CCOCC(COCCC(=O)OC(C)(C)C)NC(=O)OC(C)(C)C. The fourth-order valence-corrected chi connectivity index (χ4v) is 2.15. The van der Waals surface area contributed by atoms with Gasteiger partial charge in [-0.15, -0.1) is 0 Å². The van der Waals surface area contributed by atoms with Crippen LogP contribution in [0.15, 0.2) is 0 Å². The average molecular weight is 448 g/mol. The van der Waals surface area contributed by atoms with Crippen LogP contribution < -0.4 is 5.32 Å². The highest BCUT2D eigenvalue weighted by Crippen LogP contribution is 2.10. The molecule has 9 heteroatoms. The van der Waals surface area contributed by atoms with Crippen LogP contribution in [-0.4, -0.2) is 67.3 Å². The minimum absolute atomic E-state index is 0.0932. The van der Waals surface area contributed by atoms with Crippen molar-refractivity contribution in [3.05, 3.63) is 0 Å². The predicted octanol–water partition coefficient (Wildman–Crippen LogP) is 3.38. The number of hydrogen-bond acceptors (Lipinski definition) is 8. The Hall–Kier alpha value is -1.87. The summed E-state index contributed by atoms with van der Waals surface area (Å²) in [4.78, 5) is 35.6. The lowest BCUT2D eigenvalue weighted by Gasteiger charge is -2.24. The molecule has 0 fully saturated rings. The number of alkyl carbamates (subject to hydrolysis) is 1. The molecule has 0 saturated carbocycles. The van der Waals surface area contributed by atoms with Crippen molar-refractivity contribution in [2.75, 3.05) is 26.4 Å². The summed E-state index contributed by atoms with van der Waals surface area (Å²) in [5, 5.41) is 2.68. The predicted molar refractivity (Wildman–Crippen MR) is 116 cm³/mol. The Morgan fingerprint density at radius 1 is 0.645 bits per heavy atom.